The Morgan fingerprint density at radius 2 is 0.278 bits per heavy atom. The highest BCUT2D eigenvalue weighted by Gasteiger charge is 2.50. The molecule has 416 valence electrons. The summed E-state index contributed by atoms with van der Waals surface area (Å²) in [6, 6.07) is 0. The normalized spacial score (nSPS) is 47.9. The van der Waals surface area contributed by atoms with E-state index in [0.29, 0.717) is 47.3 Å². The second-order valence-electron chi connectivity index (χ2n) is 26.2. The van der Waals surface area contributed by atoms with Gasteiger partial charge in [0.2, 0.25) is 0 Å². The highest BCUT2D eigenvalue weighted by Crippen LogP contribution is 2.83. The zero-order valence-corrected chi connectivity index (χ0v) is 50.3. The van der Waals surface area contributed by atoms with Crippen LogP contribution in [0.2, 0.25) is 0 Å². The molecular weight excluding hydrogens is 981 g/mol. The lowest BCUT2D eigenvalue weighted by atomic mass is 9.89. The quantitative estimate of drug-likeness (QED) is 0.140. The van der Waals surface area contributed by atoms with Gasteiger partial charge in [-0.05, 0) is 253 Å². The van der Waals surface area contributed by atoms with Crippen molar-refractivity contribution in [2.24, 2.45) is 65.4 Å². The van der Waals surface area contributed by atoms with Crippen LogP contribution in [0.15, 0.2) is 18.1 Å². The van der Waals surface area contributed by atoms with E-state index in [1.54, 1.807) is 0 Å². The lowest BCUT2D eigenvalue weighted by Gasteiger charge is -2.42. The number of hydrogen-bond donors (Lipinski definition) is 0. The van der Waals surface area contributed by atoms with E-state index in [-0.39, 0.29) is 48.8 Å². The molecule has 0 aromatic rings. The average Bonchev–Trinajstić information content (AvgIpc) is 3.34. The SMILES string of the molecule is CC1CCC(OP2(OC3CCC(C)CC3)=NP(OC3CCC(C)CC3)(OC3CCC(C)CC3)=NP(OC3CCC(C)CC3)(OC3CCC(C)CC3)=NP(OC3CCC(C)CC3)(OC3CCC(C)CC3)=N2)CC1. The highest BCUT2D eigenvalue weighted by atomic mass is 31.3. The topological polar surface area (TPSA) is 123 Å². The molecule has 0 radical (unpaired) electrons. The van der Waals surface area contributed by atoms with E-state index in [2.05, 4.69) is 55.4 Å². The standard InChI is InChI=1S/C56H104N4O8P4/c1-41-9-25-49(26-10-41)61-69(62-50-27-11-42(2)12-28-50)57-70(63-51-29-13-43(3)14-30-51,64-52-31-15-44(4)16-32-52)59-72(67-55-37-21-47(7)22-38-55,68-56-39-23-48(8)24-40-56)60-71(58-69,65-53-33-17-45(5)18-34-53)66-54-35-19-46(6)20-36-54/h41-56H,9-40H2,1-8H3. The van der Waals surface area contributed by atoms with E-state index < -0.39 is 30.6 Å². The van der Waals surface area contributed by atoms with Crippen LogP contribution in [0.3, 0.4) is 0 Å². The summed E-state index contributed by atoms with van der Waals surface area (Å²) in [6.07, 6.45) is 31.7. The first-order valence-electron chi connectivity index (χ1n) is 30.6. The van der Waals surface area contributed by atoms with Crippen molar-refractivity contribution in [2.75, 3.05) is 0 Å². The lowest BCUT2D eigenvalue weighted by molar-refractivity contribution is 0.0689. The van der Waals surface area contributed by atoms with Crippen molar-refractivity contribution in [1.29, 1.82) is 0 Å². The zero-order valence-electron chi connectivity index (χ0n) is 46.7. The summed E-state index contributed by atoms with van der Waals surface area (Å²) in [4.78, 5) is 0. The molecular formula is C56H104N4O8P4. The monoisotopic (exact) mass is 1080 g/mol. The van der Waals surface area contributed by atoms with Crippen LogP contribution in [0.4, 0.5) is 0 Å². The first-order chi connectivity index (χ1) is 34.6. The third-order valence-electron chi connectivity index (χ3n) is 18.9. The molecule has 8 fully saturated rings. The van der Waals surface area contributed by atoms with Gasteiger partial charge in [-0.15, -0.1) is 18.1 Å². The maximum Gasteiger partial charge on any atom is 0.349 e. The molecule has 0 spiro atoms. The molecule has 72 heavy (non-hydrogen) atoms. The van der Waals surface area contributed by atoms with Crippen LogP contribution in [0.1, 0.15) is 261 Å². The molecule has 0 amide bonds. The fourth-order valence-corrected chi connectivity index (χ4v) is 27.4. The Bertz CT molecular complexity index is 1500. The van der Waals surface area contributed by atoms with Gasteiger partial charge in [-0.3, -0.25) is 0 Å². The first kappa shape index (κ1) is 57.3. The van der Waals surface area contributed by atoms with Gasteiger partial charge in [0.1, 0.15) is 0 Å². The van der Waals surface area contributed by atoms with E-state index in [0.717, 1.165) is 205 Å². The molecule has 8 aliphatic carbocycles. The second-order valence-corrected chi connectivity index (χ2v) is 34.7. The van der Waals surface area contributed by atoms with Crippen LogP contribution in [0.5, 0.6) is 0 Å². The highest BCUT2D eigenvalue weighted by molar-refractivity contribution is 7.78. The Kier molecular flexibility index (Phi) is 20.9. The van der Waals surface area contributed by atoms with E-state index in [1.807, 2.05) is 0 Å². The molecule has 9 rings (SSSR count). The van der Waals surface area contributed by atoms with Crippen molar-refractivity contribution >= 4 is 30.6 Å². The molecule has 1 aliphatic heterocycles. The molecule has 8 saturated carbocycles. The zero-order chi connectivity index (χ0) is 50.4. The third-order valence-corrected chi connectivity index (χ3v) is 30.7. The molecule has 0 N–H and O–H groups in total. The van der Waals surface area contributed by atoms with Crippen molar-refractivity contribution in [1.82, 2.24) is 0 Å². The molecule has 0 bridgehead atoms. The van der Waals surface area contributed by atoms with Gasteiger partial charge >= 0.3 is 30.6 Å². The predicted molar refractivity (Wildman–Crippen MR) is 297 cm³/mol. The van der Waals surface area contributed by atoms with E-state index >= 15 is 0 Å². The summed E-state index contributed by atoms with van der Waals surface area (Å²) in [7, 11) is -15.2. The summed E-state index contributed by atoms with van der Waals surface area (Å²) in [5, 5.41) is 0. The largest absolute Gasteiger partial charge is 0.349 e. The third kappa shape index (κ3) is 16.4. The number of nitrogens with zero attached hydrogens (tertiary/aromatic N) is 4. The summed E-state index contributed by atoms with van der Waals surface area (Å²) < 4.78 is 87.9. The van der Waals surface area contributed by atoms with Gasteiger partial charge in [-0.1, -0.05) is 55.4 Å². The number of hydrogen-bond acceptors (Lipinski definition) is 12. The van der Waals surface area contributed by atoms with Crippen LogP contribution in [0, 0.1) is 47.3 Å². The molecule has 0 aromatic carbocycles. The molecule has 1 heterocycles. The maximum absolute atomic E-state index is 7.86. The maximum atomic E-state index is 7.86. The molecule has 0 unspecified atom stereocenters. The van der Waals surface area contributed by atoms with Gasteiger partial charge in [0, 0.05) is 0 Å². The molecule has 0 saturated heterocycles. The Hall–Kier alpha value is 0.600. The number of rotatable bonds is 16. The Balaban J connectivity index is 1.34. The van der Waals surface area contributed by atoms with Gasteiger partial charge < -0.3 is 36.2 Å². The van der Waals surface area contributed by atoms with Crippen LogP contribution in [0.25, 0.3) is 0 Å². The van der Waals surface area contributed by atoms with Crippen LogP contribution >= 0.6 is 30.6 Å². The van der Waals surface area contributed by atoms with Gasteiger partial charge in [-0.25, -0.2) is 0 Å². The van der Waals surface area contributed by atoms with E-state index in [9.17, 15) is 0 Å². The van der Waals surface area contributed by atoms with Gasteiger partial charge in [0.25, 0.3) is 0 Å². The summed E-state index contributed by atoms with van der Waals surface area (Å²) in [6.45, 7) is 19.1. The molecule has 0 aromatic heterocycles. The van der Waals surface area contributed by atoms with Crippen molar-refractivity contribution < 1.29 is 36.2 Å². The molecule has 0 atom stereocenters. The van der Waals surface area contributed by atoms with Gasteiger partial charge in [0.15, 0.2) is 0 Å². The first-order valence-corrected chi connectivity index (χ1v) is 36.8. The minimum absolute atomic E-state index is 0.0922. The van der Waals surface area contributed by atoms with Gasteiger partial charge in [-0.2, -0.15) is 0 Å². The van der Waals surface area contributed by atoms with E-state index in [4.69, 9.17) is 54.3 Å². The lowest BCUT2D eigenvalue weighted by Crippen LogP contribution is -2.27. The summed E-state index contributed by atoms with van der Waals surface area (Å²) in [5.74, 6) is 5.13. The van der Waals surface area contributed by atoms with Gasteiger partial charge in [0.05, 0.1) is 48.8 Å². The van der Waals surface area contributed by atoms with E-state index in [1.165, 1.54) is 0 Å². The van der Waals surface area contributed by atoms with Crippen molar-refractivity contribution in [2.45, 2.75) is 310 Å². The fraction of sp³-hybridized carbons (Fsp3) is 1.00. The second kappa shape index (κ2) is 26.2. The minimum atomic E-state index is -3.79. The van der Waals surface area contributed by atoms with Crippen LogP contribution < -0.4 is 0 Å². The van der Waals surface area contributed by atoms with Crippen molar-refractivity contribution in [3.8, 4) is 0 Å². The van der Waals surface area contributed by atoms with Crippen LogP contribution in [-0.2, 0) is 36.2 Å². The molecule has 12 nitrogen and oxygen atoms in total. The molecule has 9 aliphatic rings. The molecule has 16 heteroatoms. The van der Waals surface area contributed by atoms with Crippen molar-refractivity contribution in [3.05, 3.63) is 0 Å². The predicted octanol–water partition coefficient (Wildman–Crippen LogP) is 20.5. The summed E-state index contributed by atoms with van der Waals surface area (Å²) in [5.41, 5.74) is 0. The summed E-state index contributed by atoms with van der Waals surface area (Å²) >= 11 is 0. The average molecular weight is 1090 g/mol. The Morgan fingerprint density at radius 3 is 0.375 bits per heavy atom. The van der Waals surface area contributed by atoms with Crippen LogP contribution in [-0.4, -0.2) is 48.8 Å². The minimum Gasteiger partial charge on any atom is -0.303 e. The van der Waals surface area contributed by atoms with Crippen molar-refractivity contribution in [3.63, 3.8) is 0 Å². The smallest absolute Gasteiger partial charge is 0.303 e. The fourth-order valence-electron chi connectivity index (χ4n) is 13.3. The Labute approximate surface area is 440 Å². The Morgan fingerprint density at radius 1 is 0.181 bits per heavy atom.